The van der Waals surface area contributed by atoms with Crippen LogP contribution in [-0.4, -0.2) is 16.3 Å². The van der Waals surface area contributed by atoms with Gasteiger partial charge in [-0.3, -0.25) is 0 Å². The first-order valence-electron chi connectivity index (χ1n) is 3.96. The van der Waals surface area contributed by atoms with Crippen LogP contribution < -0.4 is 5.73 Å². The van der Waals surface area contributed by atoms with Crippen LogP contribution in [0, 0.1) is 0 Å². The van der Waals surface area contributed by atoms with E-state index >= 15 is 0 Å². The van der Waals surface area contributed by atoms with Gasteiger partial charge in [0.2, 0.25) is 0 Å². The fourth-order valence-electron chi connectivity index (χ4n) is 1.70. The molecule has 1 aliphatic rings. The molecular weight excluding hydrogens is 234 g/mol. The van der Waals surface area contributed by atoms with Crippen LogP contribution >= 0.6 is 17.0 Å². The van der Waals surface area contributed by atoms with E-state index in [4.69, 9.17) is 5.73 Å². The molecule has 1 aliphatic carbocycles. The number of aromatic hydroxyl groups is 2. The zero-order valence-electron chi connectivity index (χ0n) is 7.03. The standard InChI is InChI=1S/C9H11NO2.BrH/c10-6-3-5-1-2-8(11)9(12)7(5)4-6;/h1-2,6,11-12H,3-4,10H2;1H. The molecule has 0 spiro atoms. The largest absolute Gasteiger partial charge is 0.504 e. The lowest BCUT2D eigenvalue weighted by Gasteiger charge is -2.03. The smallest absolute Gasteiger partial charge is 0.161 e. The third kappa shape index (κ3) is 1.64. The Morgan fingerprint density at radius 2 is 1.92 bits per heavy atom. The number of fused-ring (bicyclic) bond motifs is 1. The Morgan fingerprint density at radius 1 is 1.23 bits per heavy atom. The molecule has 3 nitrogen and oxygen atoms in total. The topological polar surface area (TPSA) is 66.5 Å². The van der Waals surface area contributed by atoms with Gasteiger partial charge >= 0.3 is 0 Å². The lowest BCUT2D eigenvalue weighted by Crippen LogP contribution is -2.19. The first kappa shape index (κ1) is 10.3. The fourth-order valence-corrected chi connectivity index (χ4v) is 1.70. The Labute approximate surface area is 87.0 Å². The van der Waals surface area contributed by atoms with E-state index in [0.29, 0.717) is 6.42 Å². The van der Waals surface area contributed by atoms with Crippen molar-refractivity contribution < 1.29 is 10.2 Å². The van der Waals surface area contributed by atoms with Crippen molar-refractivity contribution in [1.29, 1.82) is 0 Å². The van der Waals surface area contributed by atoms with Gasteiger partial charge in [-0.1, -0.05) is 6.07 Å². The third-order valence-corrected chi connectivity index (χ3v) is 2.31. The molecule has 1 atom stereocenters. The van der Waals surface area contributed by atoms with Crippen LogP contribution in [0.5, 0.6) is 11.5 Å². The normalized spacial score (nSPS) is 19.3. The van der Waals surface area contributed by atoms with Gasteiger partial charge in [-0.05, 0) is 24.5 Å². The second-order valence-electron chi connectivity index (χ2n) is 3.24. The second kappa shape index (κ2) is 3.55. The molecular formula is C9H12BrNO2. The minimum Gasteiger partial charge on any atom is -0.504 e. The van der Waals surface area contributed by atoms with Crippen LogP contribution in [0.2, 0.25) is 0 Å². The average Bonchev–Trinajstić information content (AvgIpc) is 2.39. The molecule has 0 bridgehead atoms. The predicted molar refractivity (Wildman–Crippen MR) is 55.5 cm³/mol. The van der Waals surface area contributed by atoms with Gasteiger partial charge in [-0.25, -0.2) is 0 Å². The maximum Gasteiger partial charge on any atom is 0.161 e. The molecule has 0 aromatic heterocycles. The van der Waals surface area contributed by atoms with Crippen molar-refractivity contribution in [2.75, 3.05) is 0 Å². The maximum atomic E-state index is 9.43. The number of phenolic OH excluding ortho intramolecular Hbond substituents is 2. The SMILES string of the molecule is Br.NC1Cc2ccc(O)c(O)c2C1. The van der Waals surface area contributed by atoms with Crippen molar-refractivity contribution in [1.82, 2.24) is 0 Å². The summed E-state index contributed by atoms with van der Waals surface area (Å²) >= 11 is 0. The van der Waals surface area contributed by atoms with Gasteiger partial charge < -0.3 is 15.9 Å². The van der Waals surface area contributed by atoms with E-state index in [1.165, 1.54) is 6.07 Å². The highest BCUT2D eigenvalue weighted by Gasteiger charge is 2.22. The molecule has 0 fully saturated rings. The fraction of sp³-hybridized carbons (Fsp3) is 0.333. The van der Waals surface area contributed by atoms with Gasteiger partial charge in [0.1, 0.15) is 0 Å². The van der Waals surface area contributed by atoms with E-state index in [0.717, 1.165) is 17.5 Å². The zero-order valence-corrected chi connectivity index (χ0v) is 8.74. The highest BCUT2D eigenvalue weighted by Crippen LogP contribution is 2.35. The van der Waals surface area contributed by atoms with Gasteiger partial charge in [0.05, 0.1) is 0 Å². The number of nitrogens with two attached hydrogens (primary N) is 1. The van der Waals surface area contributed by atoms with E-state index in [1.54, 1.807) is 0 Å². The first-order chi connectivity index (χ1) is 5.68. The number of benzene rings is 1. The van der Waals surface area contributed by atoms with Crippen LogP contribution in [-0.2, 0) is 12.8 Å². The van der Waals surface area contributed by atoms with Gasteiger partial charge in [-0.2, -0.15) is 0 Å². The molecule has 1 aromatic rings. The summed E-state index contributed by atoms with van der Waals surface area (Å²) in [5, 5.41) is 18.6. The number of phenols is 2. The molecule has 13 heavy (non-hydrogen) atoms. The molecule has 0 amide bonds. The highest BCUT2D eigenvalue weighted by molar-refractivity contribution is 8.93. The monoisotopic (exact) mass is 245 g/mol. The van der Waals surface area contributed by atoms with Crippen LogP contribution in [0.3, 0.4) is 0 Å². The average molecular weight is 246 g/mol. The second-order valence-corrected chi connectivity index (χ2v) is 3.24. The maximum absolute atomic E-state index is 9.43. The number of hydrogen-bond acceptors (Lipinski definition) is 3. The molecule has 0 saturated heterocycles. The summed E-state index contributed by atoms with van der Waals surface area (Å²) in [5.74, 6) is -0.0525. The van der Waals surface area contributed by atoms with Crippen LogP contribution in [0.1, 0.15) is 11.1 Å². The quantitative estimate of drug-likeness (QED) is 0.600. The minimum absolute atomic E-state index is 0. The van der Waals surface area contributed by atoms with Gasteiger partial charge in [0.15, 0.2) is 11.5 Å². The minimum atomic E-state index is -0.0529. The molecule has 4 heteroatoms. The van der Waals surface area contributed by atoms with Crippen molar-refractivity contribution in [3.05, 3.63) is 23.3 Å². The molecule has 1 aromatic carbocycles. The molecule has 72 valence electrons. The van der Waals surface area contributed by atoms with Crippen LogP contribution in [0.4, 0.5) is 0 Å². The van der Waals surface area contributed by atoms with Crippen molar-refractivity contribution >= 4 is 17.0 Å². The summed E-state index contributed by atoms with van der Waals surface area (Å²) in [5.41, 5.74) is 7.57. The Balaban J connectivity index is 0.000000845. The molecule has 0 saturated carbocycles. The molecule has 0 heterocycles. The third-order valence-electron chi connectivity index (χ3n) is 2.31. The van der Waals surface area contributed by atoms with Gasteiger partial charge in [0.25, 0.3) is 0 Å². The molecule has 4 N–H and O–H groups in total. The summed E-state index contributed by atoms with van der Waals surface area (Å²) in [6, 6.07) is 3.41. The van der Waals surface area contributed by atoms with Crippen molar-refractivity contribution in [2.24, 2.45) is 5.73 Å². The molecule has 2 rings (SSSR count). The van der Waals surface area contributed by atoms with Gasteiger partial charge in [-0.15, -0.1) is 17.0 Å². The Bertz CT molecular complexity index is 328. The zero-order chi connectivity index (χ0) is 8.72. The van der Waals surface area contributed by atoms with E-state index in [-0.39, 0.29) is 34.5 Å². The Hall–Kier alpha value is -0.740. The highest BCUT2D eigenvalue weighted by atomic mass is 79.9. The Kier molecular flexibility index (Phi) is 2.83. The summed E-state index contributed by atoms with van der Waals surface area (Å²) in [7, 11) is 0. The summed E-state index contributed by atoms with van der Waals surface area (Å²) < 4.78 is 0. The predicted octanol–water partition coefficient (Wildman–Crippen LogP) is 1.10. The number of rotatable bonds is 0. The molecule has 0 radical (unpaired) electrons. The molecule has 0 aliphatic heterocycles. The Morgan fingerprint density at radius 3 is 2.62 bits per heavy atom. The lowest BCUT2D eigenvalue weighted by molar-refractivity contribution is 0.399. The molecule has 1 unspecified atom stereocenters. The number of halogens is 1. The van der Waals surface area contributed by atoms with E-state index < -0.39 is 0 Å². The van der Waals surface area contributed by atoms with Crippen molar-refractivity contribution in [2.45, 2.75) is 18.9 Å². The van der Waals surface area contributed by atoms with E-state index in [9.17, 15) is 10.2 Å². The number of hydrogen-bond donors (Lipinski definition) is 3. The summed E-state index contributed by atoms with van der Waals surface area (Å²) in [4.78, 5) is 0. The first-order valence-corrected chi connectivity index (χ1v) is 3.96. The van der Waals surface area contributed by atoms with Crippen molar-refractivity contribution in [3.8, 4) is 11.5 Å². The van der Waals surface area contributed by atoms with E-state index in [2.05, 4.69) is 0 Å². The summed E-state index contributed by atoms with van der Waals surface area (Å²) in [6.07, 6.45) is 1.46. The van der Waals surface area contributed by atoms with Crippen LogP contribution in [0.25, 0.3) is 0 Å². The van der Waals surface area contributed by atoms with E-state index in [1.807, 2.05) is 6.07 Å². The van der Waals surface area contributed by atoms with Gasteiger partial charge in [0, 0.05) is 11.6 Å². The summed E-state index contributed by atoms with van der Waals surface area (Å²) in [6.45, 7) is 0. The lowest BCUT2D eigenvalue weighted by atomic mass is 10.1. The van der Waals surface area contributed by atoms with Crippen molar-refractivity contribution in [3.63, 3.8) is 0 Å². The van der Waals surface area contributed by atoms with Crippen LogP contribution in [0.15, 0.2) is 12.1 Å².